The van der Waals surface area contributed by atoms with Crippen molar-refractivity contribution in [3.05, 3.63) is 17.3 Å². The second-order valence-corrected chi connectivity index (χ2v) is 2.91. The lowest BCUT2D eigenvalue weighted by molar-refractivity contribution is 0.111. The van der Waals surface area contributed by atoms with Crippen molar-refractivity contribution < 1.29 is 4.79 Å². The summed E-state index contributed by atoms with van der Waals surface area (Å²) in [4.78, 5) is 14.3. The number of hydrogen-bond acceptors (Lipinski definition) is 5. The van der Waals surface area contributed by atoms with E-state index in [2.05, 4.69) is 20.4 Å². The zero-order chi connectivity index (χ0) is 8.39. The van der Waals surface area contributed by atoms with Gasteiger partial charge in [0.05, 0.1) is 6.20 Å². The molecule has 0 saturated heterocycles. The van der Waals surface area contributed by atoms with E-state index in [1.165, 1.54) is 11.3 Å². The van der Waals surface area contributed by atoms with Crippen molar-refractivity contribution in [1.29, 1.82) is 0 Å². The molecular formula is C6H4N4OS. The molecule has 2 heterocycles. The molecule has 60 valence electrons. The molecule has 2 aromatic heterocycles. The van der Waals surface area contributed by atoms with Gasteiger partial charge in [0.2, 0.25) is 0 Å². The van der Waals surface area contributed by atoms with Crippen LogP contribution in [-0.2, 0) is 0 Å². The highest BCUT2D eigenvalue weighted by atomic mass is 32.1. The first kappa shape index (κ1) is 7.11. The average molecular weight is 180 g/mol. The summed E-state index contributed by atoms with van der Waals surface area (Å²) in [6.07, 6.45) is 2.27. The SMILES string of the molecule is O=Cc1csc(-c2cn[nH]n2)n1. The Hall–Kier alpha value is -1.56. The molecule has 0 aliphatic heterocycles. The Kier molecular flexibility index (Phi) is 1.67. The zero-order valence-corrected chi connectivity index (χ0v) is 6.71. The van der Waals surface area contributed by atoms with Gasteiger partial charge in [-0.3, -0.25) is 4.79 Å². The number of carbonyl (C=O) groups excluding carboxylic acids is 1. The molecule has 0 spiro atoms. The number of rotatable bonds is 2. The summed E-state index contributed by atoms with van der Waals surface area (Å²) in [5.41, 5.74) is 1.09. The molecule has 2 aromatic rings. The monoisotopic (exact) mass is 180 g/mol. The van der Waals surface area contributed by atoms with Crippen LogP contribution in [0.15, 0.2) is 11.6 Å². The highest BCUT2D eigenvalue weighted by Crippen LogP contribution is 2.19. The van der Waals surface area contributed by atoms with Gasteiger partial charge < -0.3 is 0 Å². The Morgan fingerprint density at radius 1 is 1.58 bits per heavy atom. The van der Waals surface area contributed by atoms with E-state index in [-0.39, 0.29) is 0 Å². The van der Waals surface area contributed by atoms with Crippen molar-refractivity contribution in [2.24, 2.45) is 0 Å². The first-order chi connectivity index (χ1) is 5.90. The van der Waals surface area contributed by atoms with E-state index in [0.29, 0.717) is 22.7 Å². The van der Waals surface area contributed by atoms with E-state index in [1.807, 2.05) is 0 Å². The fraction of sp³-hybridized carbons (Fsp3) is 0. The average Bonchev–Trinajstić information content (AvgIpc) is 2.75. The van der Waals surface area contributed by atoms with Crippen molar-refractivity contribution in [2.75, 3.05) is 0 Å². The predicted molar refractivity (Wildman–Crippen MR) is 42.9 cm³/mol. The number of nitrogens with one attached hydrogen (secondary N) is 1. The molecule has 6 heteroatoms. The van der Waals surface area contributed by atoms with Crippen molar-refractivity contribution in [2.45, 2.75) is 0 Å². The summed E-state index contributed by atoms with van der Waals surface area (Å²) in [6, 6.07) is 0. The van der Waals surface area contributed by atoms with Crippen LogP contribution in [0.4, 0.5) is 0 Å². The van der Waals surface area contributed by atoms with Crippen LogP contribution in [0.1, 0.15) is 10.5 Å². The fourth-order valence-corrected chi connectivity index (χ4v) is 1.48. The van der Waals surface area contributed by atoms with Crippen molar-refractivity contribution in [3.63, 3.8) is 0 Å². The number of thiazole rings is 1. The Bertz CT molecular complexity index is 380. The lowest BCUT2D eigenvalue weighted by atomic mass is 10.5. The Morgan fingerprint density at radius 3 is 3.08 bits per heavy atom. The maximum absolute atomic E-state index is 10.3. The first-order valence-corrected chi connectivity index (χ1v) is 4.05. The number of aromatic nitrogens is 4. The van der Waals surface area contributed by atoms with Crippen molar-refractivity contribution in [1.82, 2.24) is 20.4 Å². The quantitative estimate of drug-likeness (QED) is 0.692. The molecule has 0 saturated carbocycles. The lowest BCUT2D eigenvalue weighted by Gasteiger charge is -1.81. The van der Waals surface area contributed by atoms with Crippen LogP contribution >= 0.6 is 11.3 Å². The zero-order valence-electron chi connectivity index (χ0n) is 5.89. The molecule has 0 bridgehead atoms. The minimum Gasteiger partial charge on any atom is -0.296 e. The number of hydrogen-bond donors (Lipinski definition) is 1. The van der Waals surface area contributed by atoms with Gasteiger partial charge in [-0.2, -0.15) is 15.4 Å². The molecule has 0 unspecified atom stereocenters. The second-order valence-electron chi connectivity index (χ2n) is 2.05. The molecule has 0 radical (unpaired) electrons. The standard InChI is InChI=1S/C6H4N4OS/c11-2-4-3-12-6(8-4)5-1-7-10-9-5/h1-3H,(H,7,9,10). The van der Waals surface area contributed by atoms with E-state index in [4.69, 9.17) is 0 Å². The van der Waals surface area contributed by atoms with Crippen LogP contribution in [0, 0.1) is 0 Å². The maximum atomic E-state index is 10.3. The summed E-state index contributed by atoms with van der Waals surface area (Å²) in [6.45, 7) is 0. The van der Waals surface area contributed by atoms with Gasteiger partial charge in [0.15, 0.2) is 6.29 Å². The Balaban J connectivity index is 2.41. The van der Waals surface area contributed by atoms with Gasteiger partial charge in [-0.1, -0.05) is 0 Å². The largest absolute Gasteiger partial charge is 0.296 e. The summed E-state index contributed by atoms with van der Waals surface area (Å²) in [5, 5.41) is 12.3. The number of nitrogens with zero attached hydrogens (tertiary/aromatic N) is 3. The van der Waals surface area contributed by atoms with Crippen LogP contribution in [0.2, 0.25) is 0 Å². The Labute approximate surface area is 71.5 Å². The van der Waals surface area contributed by atoms with Crippen LogP contribution in [-0.4, -0.2) is 26.7 Å². The molecular weight excluding hydrogens is 176 g/mol. The third kappa shape index (κ3) is 1.12. The van der Waals surface area contributed by atoms with Crippen molar-refractivity contribution >= 4 is 17.6 Å². The summed E-state index contributed by atoms with van der Waals surface area (Å²) < 4.78 is 0. The predicted octanol–water partition coefficient (Wildman–Crippen LogP) is 0.741. The first-order valence-electron chi connectivity index (χ1n) is 3.17. The van der Waals surface area contributed by atoms with Crippen LogP contribution in [0.25, 0.3) is 10.7 Å². The van der Waals surface area contributed by atoms with Gasteiger partial charge in [0, 0.05) is 5.38 Å². The second kappa shape index (κ2) is 2.82. The fourth-order valence-electron chi connectivity index (χ4n) is 0.763. The third-order valence-corrected chi connectivity index (χ3v) is 2.16. The molecule has 1 N–H and O–H groups in total. The Morgan fingerprint density at radius 2 is 2.50 bits per heavy atom. The molecule has 5 nitrogen and oxygen atoms in total. The van der Waals surface area contributed by atoms with E-state index in [9.17, 15) is 4.79 Å². The number of H-pyrrole nitrogens is 1. The van der Waals surface area contributed by atoms with Gasteiger partial charge in [0.1, 0.15) is 16.4 Å². The lowest BCUT2D eigenvalue weighted by Crippen LogP contribution is -1.79. The van der Waals surface area contributed by atoms with Crippen molar-refractivity contribution in [3.8, 4) is 10.7 Å². The highest BCUT2D eigenvalue weighted by Gasteiger charge is 2.05. The number of aromatic amines is 1. The topological polar surface area (TPSA) is 71.5 Å². The van der Waals surface area contributed by atoms with Gasteiger partial charge >= 0.3 is 0 Å². The molecule has 0 aliphatic carbocycles. The van der Waals surface area contributed by atoms with Gasteiger partial charge in [0.25, 0.3) is 0 Å². The van der Waals surface area contributed by atoms with E-state index in [0.717, 1.165) is 0 Å². The molecule has 0 aliphatic rings. The number of aldehydes is 1. The molecule has 12 heavy (non-hydrogen) atoms. The van der Waals surface area contributed by atoms with Crippen LogP contribution in [0.3, 0.4) is 0 Å². The molecule has 2 rings (SSSR count). The molecule has 0 aromatic carbocycles. The van der Waals surface area contributed by atoms with Crippen LogP contribution in [0.5, 0.6) is 0 Å². The molecule has 0 atom stereocenters. The van der Waals surface area contributed by atoms with Gasteiger partial charge in [-0.15, -0.1) is 11.3 Å². The smallest absolute Gasteiger partial charge is 0.169 e. The minimum absolute atomic E-state index is 0.429. The summed E-state index contributed by atoms with van der Waals surface area (Å²) in [7, 11) is 0. The van der Waals surface area contributed by atoms with E-state index < -0.39 is 0 Å². The van der Waals surface area contributed by atoms with Gasteiger partial charge in [-0.25, -0.2) is 4.98 Å². The van der Waals surface area contributed by atoms with Crippen LogP contribution < -0.4 is 0 Å². The molecule has 0 fully saturated rings. The molecule has 0 amide bonds. The van der Waals surface area contributed by atoms with Gasteiger partial charge in [-0.05, 0) is 0 Å². The summed E-state index contributed by atoms with van der Waals surface area (Å²) >= 11 is 1.37. The van der Waals surface area contributed by atoms with E-state index >= 15 is 0 Å². The number of carbonyl (C=O) groups is 1. The normalized spacial score (nSPS) is 10.0. The third-order valence-electron chi connectivity index (χ3n) is 1.28. The summed E-state index contributed by atoms with van der Waals surface area (Å²) in [5.74, 6) is 0. The highest BCUT2D eigenvalue weighted by molar-refractivity contribution is 7.13. The maximum Gasteiger partial charge on any atom is 0.169 e. The minimum atomic E-state index is 0.429. The van der Waals surface area contributed by atoms with E-state index in [1.54, 1.807) is 11.6 Å².